The molecule has 9 nitrogen and oxygen atoms in total. The first-order chi connectivity index (χ1) is 17.6. The summed E-state index contributed by atoms with van der Waals surface area (Å²) in [5.74, 6) is -0.495. The van der Waals surface area contributed by atoms with Crippen LogP contribution in [0.3, 0.4) is 0 Å². The van der Waals surface area contributed by atoms with Gasteiger partial charge in [0.1, 0.15) is 0 Å². The Kier molecular flexibility index (Phi) is 7.92. The molecule has 1 aromatic heterocycles. The van der Waals surface area contributed by atoms with Crippen molar-refractivity contribution in [3.8, 4) is 5.69 Å². The summed E-state index contributed by atoms with van der Waals surface area (Å²) in [6.07, 6.45) is 6.43. The predicted octanol–water partition coefficient (Wildman–Crippen LogP) is 3.47. The molecule has 2 aromatic rings. The van der Waals surface area contributed by atoms with Gasteiger partial charge in [-0.25, -0.2) is 9.59 Å². The van der Waals surface area contributed by atoms with Crippen LogP contribution in [-0.2, 0) is 14.3 Å². The van der Waals surface area contributed by atoms with Crippen molar-refractivity contribution in [2.24, 2.45) is 5.41 Å². The van der Waals surface area contributed by atoms with Crippen molar-refractivity contribution in [2.45, 2.75) is 51.7 Å². The first kappa shape index (κ1) is 26.7. The summed E-state index contributed by atoms with van der Waals surface area (Å²) in [7, 11) is 1.30. The van der Waals surface area contributed by atoms with Crippen molar-refractivity contribution in [3.63, 3.8) is 0 Å². The standard InChI is InChI=1S/C28H38N4O5/c1-27(2,3)37-19-22(25(34)36-4)29-26(35)32-18-13-28(20-32)11-16-31(17-12-28)24(33)21-9-5-6-10-23(21)30-14-7-8-15-30/h5-10,14-15,22H,11-13,16-20H2,1-4H3,(H,29,35)/t22-/m0/s1. The molecule has 37 heavy (non-hydrogen) atoms. The monoisotopic (exact) mass is 510 g/mol. The van der Waals surface area contributed by atoms with E-state index in [0.29, 0.717) is 31.7 Å². The van der Waals surface area contributed by atoms with E-state index < -0.39 is 17.6 Å². The van der Waals surface area contributed by atoms with E-state index in [2.05, 4.69) is 5.32 Å². The molecule has 1 spiro atoms. The Morgan fingerprint density at radius 3 is 2.22 bits per heavy atom. The fraction of sp³-hybridized carbons (Fsp3) is 0.536. The highest BCUT2D eigenvalue weighted by atomic mass is 16.5. The summed E-state index contributed by atoms with van der Waals surface area (Å²) in [6, 6.07) is 10.4. The zero-order valence-corrected chi connectivity index (χ0v) is 22.2. The molecular weight excluding hydrogens is 472 g/mol. The van der Waals surface area contributed by atoms with E-state index in [1.54, 1.807) is 4.90 Å². The highest BCUT2D eigenvalue weighted by Crippen LogP contribution is 2.40. The molecule has 0 unspecified atom stereocenters. The number of esters is 1. The summed E-state index contributed by atoms with van der Waals surface area (Å²) < 4.78 is 12.5. The number of carbonyl (C=O) groups excluding carboxylic acids is 3. The maximum atomic E-state index is 13.4. The maximum absolute atomic E-state index is 13.4. The first-order valence-electron chi connectivity index (χ1n) is 12.9. The number of methoxy groups -OCH3 is 1. The third-order valence-electron chi connectivity index (χ3n) is 7.32. The molecule has 2 saturated heterocycles. The number of hydrogen-bond donors (Lipinski definition) is 1. The Morgan fingerprint density at radius 1 is 0.973 bits per heavy atom. The van der Waals surface area contributed by atoms with Crippen LogP contribution in [0.4, 0.5) is 4.79 Å². The van der Waals surface area contributed by atoms with Crippen LogP contribution in [0.1, 0.15) is 50.4 Å². The predicted molar refractivity (Wildman–Crippen MR) is 140 cm³/mol. The lowest BCUT2D eigenvalue weighted by Crippen LogP contribution is -2.51. The minimum absolute atomic E-state index is 0.0171. The van der Waals surface area contributed by atoms with Gasteiger partial charge in [-0.2, -0.15) is 0 Å². The molecule has 3 heterocycles. The molecule has 2 aliphatic rings. The fourth-order valence-electron chi connectivity index (χ4n) is 5.13. The van der Waals surface area contributed by atoms with Crippen molar-refractivity contribution < 1.29 is 23.9 Å². The smallest absolute Gasteiger partial charge is 0.330 e. The largest absolute Gasteiger partial charge is 0.467 e. The van der Waals surface area contributed by atoms with Gasteiger partial charge in [0.2, 0.25) is 0 Å². The Labute approximate surface area is 218 Å². The summed E-state index contributed by atoms with van der Waals surface area (Å²) in [5.41, 5.74) is 1.10. The van der Waals surface area contributed by atoms with E-state index in [1.165, 1.54) is 7.11 Å². The van der Waals surface area contributed by atoms with Crippen molar-refractivity contribution >= 4 is 17.9 Å². The highest BCUT2D eigenvalue weighted by Gasteiger charge is 2.43. The van der Waals surface area contributed by atoms with Crippen molar-refractivity contribution in [1.29, 1.82) is 0 Å². The molecule has 200 valence electrons. The van der Waals surface area contributed by atoms with E-state index in [0.717, 1.165) is 24.9 Å². The number of aromatic nitrogens is 1. The number of urea groups is 1. The van der Waals surface area contributed by atoms with Crippen LogP contribution < -0.4 is 5.32 Å². The molecule has 0 bridgehead atoms. The van der Waals surface area contributed by atoms with Crippen LogP contribution >= 0.6 is 0 Å². The first-order valence-corrected chi connectivity index (χ1v) is 12.9. The van der Waals surface area contributed by atoms with Crippen LogP contribution in [0.15, 0.2) is 48.8 Å². The Balaban J connectivity index is 1.34. The molecule has 1 N–H and O–H groups in total. The zero-order valence-electron chi connectivity index (χ0n) is 22.2. The van der Waals surface area contributed by atoms with Crippen LogP contribution in [0.5, 0.6) is 0 Å². The number of piperidine rings is 1. The number of carbonyl (C=O) groups is 3. The molecule has 1 atom stereocenters. The van der Waals surface area contributed by atoms with Crippen molar-refractivity contribution in [1.82, 2.24) is 19.7 Å². The Hall–Kier alpha value is -3.33. The van der Waals surface area contributed by atoms with E-state index in [4.69, 9.17) is 9.47 Å². The molecule has 9 heteroatoms. The second kappa shape index (κ2) is 11.0. The average Bonchev–Trinajstić information content (AvgIpc) is 3.56. The molecule has 1 aromatic carbocycles. The summed E-state index contributed by atoms with van der Waals surface area (Å²) >= 11 is 0. The van der Waals surface area contributed by atoms with Crippen molar-refractivity contribution in [3.05, 3.63) is 54.4 Å². The second-order valence-corrected chi connectivity index (χ2v) is 11.0. The number of para-hydroxylation sites is 1. The minimum atomic E-state index is -0.867. The van der Waals surface area contributed by atoms with Crippen LogP contribution in [-0.4, -0.2) is 83.8 Å². The molecule has 3 amide bonds. The Morgan fingerprint density at radius 2 is 1.59 bits per heavy atom. The summed E-state index contributed by atoms with van der Waals surface area (Å²) in [4.78, 5) is 42.3. The number of nitrogens with one attached hydrogen (secondary N) is 1. The number of benzene rings is 1. The topological polar surface area (TPSA) is 93.1 Å². The quantitative estimate of drug-likeness (QED) is 0.601. The normalized spacial score (nSPS) is 18.1. The van der Waals surface area contributed by atoms with Gasteiger partial charge in [-0.05, 0) is 69.7 Å². The maximum Gasteiger partial charge on any atom is 0.330 e. The molecule has 2 aliphatic heterocycles. The van der Waals surface area contributed by atoms with Crippen LogP contribution in [0.25, 0.3) is 5.69 Å². The molecule has 4 rings (SSSR count). The number of ether oxygens (including phenoxy) is 2. The molecule has 0 radical (unpaired) electrons. The summed E-state index contributed by atoms with van der Waals surface area (Å²) in [6.45, 7) is 8.25. The van der Waals surface area contributed by atoms with Crippen LogP contribution in [0.2, 0.25) is 0 Å². The number of rotatable bonds is 6. The summed E-state index contributed by atoms with van der Waals surface area (Å²) in [5, 5.41) is 2.79. The molecule has 0 saturated carbocycles. The lowest BCUT2D eigenvalue weighted by atomic mass is 9.77. The minimum Gasteiger partial charge on any atom is -0.467 e. The third-order valence-corrected chi connectivity index (χ3v) is 7.32. The lowest BCUT2D eigenvalue weighted by molar-refractivity contribution is -0.146. The Bertz CT molecular complexity index is 1100. The van der Waals surface area contributed by atoms with Crippen LogP contribution in [0, 0.1) is 5.41 Å². The van der Waals surface area contributed by atoms with Gasteiger partial charge >= 0.3 is 12.0 Å². The van der Waals surface area contributed by atoms with Gasteiger partial charge in [0.25, 0.3) is 5.91 Å². The van der Waals surface area contributed by atoms with E-state index in [9.17, 15) is 14.4 Å². The van der Waals surface area contributed by atoms with Crippen molar-refractivity contribution in [2.75, 3.05) is 39.9 Å². The molecular formula is C28H38N4O5. The number of hydrogen-bond acceptors (Lipinski definition) is 5. The van der Waals surface area contributed by atoms with Gasteiger partial charge in [0.15, 0.2) is 6.04 Å². The fourth-order valence-corrected chi connectivity index (χ4v) is 5.13. The van der Waals surface area contributed by atoms with E-state index in [-0.39, 0.29) is 24.0 Å². The van der Waals surface area contributed by atoms with E-state index in [1.807, 2.05) is 79.0 Å². The van der Waals surface area contributed by atoms with Gasteiger partial charge in [0, 0.05) is 38.6 Å². The molecule has 2 fully saturated rings. The van der Waals surface area contributed by atoms with Gasteiger partial charge in [-0.3, -0.25) is 4.79 Å². The van der Waals surface area contributed by atoms with Gasteiger partial charge < -0.3 is 29.2 Å². The van der Waals surface area contributed by atoms with Gasteiger partial charge in [0.05, 0.1) is 30.6 Å². The van der Waals surface area contributed by atoms with Gasteiger partial charge in [-0.15, -0.1) is 0 Å². The zero-order chi connectivity index (χ0) is 26.6. The number of likely N-dealkylation sites (tertiary alicyclic amines) is 2. The number of nitrogens with zero attached hydrogens (tertiary/aromatic N) is 3. The lowest BCUT2D eigenvalue weighted by Gasteiger charge is -2.39. The van der Waals surface area contributed by atoms with E-state index >= 15 is 0 Å². The SMILES string of the molecule is COC(=O)[C@H](COC(C)(C)C)NC(=O)N1CCC2(CCN(C(=O)c3ccccc3-n3cccc3)CC2)C1. The highest BCUT2D eigenvalue weighted by molar-refractivity contribution is 5.98. The average molecular weight is 511 g/mol. The van der Waals surface area contributed by atoms with Gasteiger partial charge in [-0.1, -0.05) is 12.1 Å². The second-order valence-electron chi connectivity index (χ2n) is 11.0. The number of amides is 3. The third kappa shape index (κ3) is 6.33. The molecule has 0 aliphatic carbocycles.